The first-order valence-corrected chi connectivity index (χ1v) is 8.69. The molecule has 0 bridgehead atoms. The van der Waals surface area contributed by atoms with E-state index in [9.17, 15) is 4.39 Å². The van der Waals surface area contributed by atoms with Crippen molar-refractivity contribution in [1.82, 2.24) is 4.90 Å². The molecule has 4 heteroatoms. The van der Waals surface area contributed by atoms with Gasteiger partial charge < -0.3 is 14.4 Å². The van der Waals surface area contributed by atoms with E-state index in [1.54, 1.807) is 6.07 Å². The summed E-state index contributed by atoms with van der Waals surface area (Å²) in [7, 11) is 0. The van der Waals surface area contributed by atoms with E-state index >= 15 is 0 Å². The molecule has 1 fully saturated rings. The minimum Gasteiger partial charge on any atom is -0.490 e. The lowest BCUT2D eigenvalue weighted by Crippen LogP contribution is -2.31. The first-order chi connectivity index (χ1) is 11.8. The second-order valence-corrected chi connectivity index (χ2v) is 6.11. The molecule has 0 amide bonds. The molecule has 0 spiro atoms. The maximum Gasteiger partial charge on any atom is 0.169 e. The predicted octanol–water partition coefficient (Wildman–Crippen LogP) is 4.87. The molecule has 1 aliphatic rings. The SMILES string of the molecule is Fc1ccc(Oc2ccccc2)c(OCCCN2CCCCC2)c1. The van der Waals surface area contributed by atoms with Crippen molar-refractivity contribution in [2.75, 3.05) is 26.2 Å². The van der Waals surface area contributed by atoms with E-state index in [2.05, 4.69) is 4.90 Å². The van der Waals surface area contributed by atoms with Gasteiger partial charge in [-0.1, -0.05) is 24.6 Å². The summed E-state index contributed by atoms with van der Waals surface area (Å²) in [6, 6.07) is 13.8. The van der Waals surface area contributed by atoms with Crippen LogP contribution in [0.1, 0.15) is 25.7 Å². The highest BCUT2D eigenvalue weighted by Gasteiger charge is 2.11. The molecule has 128 valence electrons. The molecular formula is C20H24FNO2. The Hall–Kier alpha value is -2.07. The number of para-hydroxylation sites is 1. The van der Waals surface area contributed by atoms with E-state index in [0.29, 0.717) is 23.9 Å². The number of nitrogens with zero attached hydrogens (tertiary/aromatic N) is 1. The number of hydrogen-bond donors (Lipinski definition) is 0. The lowest BCUT2D eigenvalue weighted by atomic mass is 10.1. The predicted molar refractivity (Wildman–Crippen MR) is 93.3 cm³/mol. The van der Waals surface area contributed by atoms with Crippen molar-refractivity contribution in [1.29, 1.82) is 0 Å². The van der Waals surface area contributed by atoms with Gasteiger partial charge in [-0.25, -0.2) is 4.39 Å². The van der Waals surface area contributed by atoms with E-state index < -0.39 is 0 Å². The smallest absolute Gasteiger partial charge is 0.169 e. The molecule has 0 radical (unpaired) electrons. The van der Waals surface area contributed by atoms with Crippen LogP contribution in [0.15, 0.2) is 48.5 Å². The minimum atomic E-state index is -0.318. The number of benzene rings is 2. The zero-order valence-corrected chi connectivity index (χ0v) is 13.9. The summed E-state index contributed by atoms with van der Waals surface area (Å²) in [6.45, 7) is 3.96. The van der Waals surface area contributed by atoms with Crippen molar-refractivity contribution in [3.05, 3.63) is 54.3 Å². The van der Waals surface area contributed by atoms with Gasteiger partial charge in [0.25, 0.3) is 0 Å². The van der Waals surface area contributed by atoms with Crippen molar-refractivity contribution in [3.63, 3.8) is 0 Å². The quantitative estimate of drug-likeness (QED) is 0.676. The lowest BCUT2D eigenvalue weighted by Gasteiger charge is -2.26. The standard InChI is InChI=1S/C20H24FNO2/c21-17-10-11-19(24-18-8-3-1-4-9-18)20(16-17)23-15-7-14-22-12-5-2-6-13-22/h1,3-4,8-11,16H,2,5-7,12-15H2. The van der Waals surface area contributed by atoms with Gasteiger partial charge in [0.05, 0.1) is 6.61 Å². The largest absolute Gasteiger partial charge is 0.490 e. The highest BCUT2D eigenvalue weighted by molar-refractivity contribution is 5.43. The Labute approximate surface area is 143 Å². The fraction of sp³-hybridized carbons (Fsp3) is 0.400. The number of rotatable bonds is 7. The molecule has 3 nitrogen and oxygen atoms in total. The van der Waals surface area contributed by atoms with Gasteiger partial charge in [-0.15, -0.1) is 0 Å². The molecule has 2 aromatic rings. The summed E-state index contributed by atoms with van der Waals surface area (Å²) < 4.78 is 25.1. The fourth-order valence-electron chi connectivity index (χ4n) is 2.95. The van der Waals surface area contributed by atoms with Crippen molar-refractivity contribution in [2.24, 2.45) is 0 Å². The Kier molecular flexibility index (Phi) is 6.07. The van der Waals surface area contributed by atoms with Crippen LogP contribution >= 0.6 is 0 Å². The maximum atomic E-state index is 13.5. The number of ether oxygens (including phenoxy) is 2. The molecule has 2 aromatic carbocycles. The van der Waals surface area contributed by atoms with Crippen LogP contribution in [0.25, 0.3) is 0 Å². The molecule has 1 aliphatic heterocycles. The van der Waals surface area contributed by atoms with Crippen molar-refractivity contribution >= 4 is 0 Å². The molecule has 0 unspecified atom stereocenters. The Morgan fingerprint density at radius 3 is 2.50 bits per heavy atom. The van der Waals surface area contributed by atoms with Crippen molar-refractivity contribution in [2.45, 2.75) is 25.7 Å². The lowest BCUT2D eigenvalue weighted by molar-refractivity contribution is 0.203. The summed E-state index contributed by atoms with van der Waals surface area (Å²) in [6.07, 6.45) is 4.86. The second kappa shape index (κ2) is 8.69. The third-order valence-corrected chi connectivity index (χ3v) is 4.20. The average Bonchev–Trinajstić information content (AvgIpc) is 2.63. The van der Waals surface area contributed by atoms with Gasteiger partial charge in [0.2, 0.25) is 0 Å². The molecule has 0 N–H and O–H groups in total. The molecule has 3 rings (SSSR count). The minimum absolute atomic E-state index is 0.318. The van der Waals surface area contributed by atoms with Gasteiger partial charge in [0.1, 0.15) is 11.6 Å². The molecule has 0 aliphatic carbocycles. The second-order valence-electron chi connectivity index (χ2n) is 6.11. The molecule has 0 aromatic heterocycles. The average molecular weight is 329 g/mol. The Bertz CT molecular complexity index is 627. The van der Waals surface area contributed by atoms with Gasteiger partial charge in [-0.05, 0) is 56.6 Å². The fourth-order valence-corrected chi connectivity index (χ4v) is 2.95. The third-order valence-electron chi connectivity index (χ3n) is 4.20. The normalized spacial score (nSPS) is 15.2. The zero-order chi connectivity index (χ0) is 16.6. The van der Waals surface area contributed by atoms with Gasteiger partial charge in [-0.3, -0.25) is 0 Å². The van der Waals surface area contributed by atoms with Crippen molar-refractivity contribution in [3.8, 4) is 17.2 Å². The van der Waals surface area contributed by atoms with Crippen LogP contribution in [0.4, 0.5) is 4.39 Å². The number of piperidine rings is 1. The van der Waals surface area contributed by atoms with Gasteiger partial charge in [0.15, 0.2) is 11.5 Å². The van der Waals surface area contributed by atoms with Crippen LogP contribution in [-0.2, 0) is 0 Å². The summed E-state index contributed by atoms with van der Waals surface area (Å²) >= 11 is 0. The molecule has 1 saturated heterocycles. The summed E-state index contributed by atoms with van der Waals surface area (Å²) in [4.78, 5) is 2.47. The first-order valence-electron chi connectivity index (χ1n) is 8.69. The number of hydrogen-bond acceptors (Lipinski definition) is 3. The van der Waals surface area contributed by atoms with Crippen LogP contribution in [0.3, 0.4) is 0 Å². The monoisotopic (exact) mass is 329 g/mol. The number of likely N-dealkylation sites (tertiary alicyclic amines) is 1. The summed E-state index contributed by atoms with van der Waals surface area (Å²) in [5.74, 6) is 1.39. The Morgan fingerprint density at radius 2 is 1.71 bits per heavy atom. The van der Waals surface area contributed by atoms with Crippen LogP contribution in [-0.4, -0.2) is 31.1 Å². The summed E-state index contributed by atoms with van der Waals surface area (Å²) in [5.41, 5.74) is 0. The van der Waals surface area contributed by atoms with Crippen LogP contribution in [0.5, 0.6) is 17.2 Å². The topological polar surface area (TPSA) is 21.7 Å². The zero-order valence-electron chi connectivity index (χ0n) is 13.9. The van der Waals surface area contributed by atoms with Crippen LogP contribution < -0.4 is 9.47 Å². The maximum absolute atomic E-state index is 13.5. The third kappa shape index (κ3) is 4.96. The molecule has 1 heterocycles. The highest BCUT2D eigenvalue weighted by atomic mass is 19.1. The van der Waals surface area contributed by atoms with E-state index in [1.165, 1.54) is 44.5 Å². The molecule has 0 saturated carbocycles. The summed E-state index contributed by atoms with van der Waals surface area (Å²) in [5, 5.41) is 0. The van der Waals surface area contributed by atoms with Gasteiger partial charge >= 0.3 is 0 Å². The molecule has 24 heavy (non-hydrogen) atoms. The van der Waals surface area contributed by atoms with E-state index in [-0.39, 0.29) is 5.82 Å². The Morgan fingerprint density at radius 1 is 0.917 bits per heavy atom. The number of halogens is 1. The van der Waals surface area contributed by atoms with E-state index in [0.717, 1.165) is 13.0 Å². The molecule has 0 atom stereocenters. The van der Waals surface area contributed by atoms with E-state index in [4.69, 9.17) is 9.47 Å². The van der Waals surface area contributed by atoms with Gasteiger partial charge in [-0.2, -0.15) is 0 Å². The Balaban J connectivity index is 1.54. The van der Waals surface area contributed by atoms with Crippen LogP contribution in [0, 0.1) is 5.82 Å². The molecular weight excluding hydrogens is 305 g/mol. The van der Waals surface area contributed by atoms with Gasteiger partial charge in [0, 0.05) is 12.6 Å². The van der Waals surface area contributed by atoms with E-state index in [1.807, 2.05) is 30.3 Å². The van der Waals surface area contributed by atoms with Crippen LogP contribution in [0.2, 0.25) is 0 Å². The first kappa shape index (κ1) is 16.8. The van der Waals surface area contributed by atoms with Crippen molar-refractivity contribution < 1.29 is 13.9 Å². The highest BCUT2D eigenvalue weighted by Crippen LogP contribution is 2.32.